The number of ketones is 1. The normalized spacial score (nSPS) is 17.3. The van der Waals surface area contributed by atoms with Gasteiger partial charge in [-0.3, -0.25) is 9.59 Å². The fourth-order valence-electron chi connectivity index (χ4n) is 3.67. The van der Waals surface area contributed by atoms with Crippen molar-refractivity contribution in [3.8, 4) is 5.75 Å². The average molecular weight is 453 g/mol. The number of nitrogens with zero attached hydrogens (tertiary/aromatic N) is 1. The van der Waals surface area contributed by atoms with E-state index in [0.29, 0.717) is 29.0 Å². The first-order valence-corrected chi connectivity index (χ1v) is 10.6. The summed E-state index contributed by atoms with van der Waals surface area (Å²) < 4.78 is 15.5. The molecule has 1 aliphatic rings. The van der Waals surface area contributed by atoms with Crippen LogP contribution in [0.4, 0.5) is 0 Å². The highest BCUT2D eigenvalue weighted by Crippen LogP contribution is 2.39. The molecule has 1 saturated heterocycles. The summed E-state index contributed by atoms with van der Waals surface area (Å²) in [5.41, 5.74) is 1.23. The third kappa shape index (κ3) is 5.06. The van der Waals surface area contributed by atoms with Crippen molar-refractivity contribution in [2.24, 2.45) is 0 Å². The number of rotatable bonds is 9. The summed E-state index contributed by atoms with van der Waals surface area (Å²) in [6, 6.07) is 12.3. The Morgan fingerprint density at radius 1 is 1.03 bits per heavy atom. The standard InChI is InChI=1S/C25H27NO7/c1-4-13-33-19-7-5-6-18(15-19)22(27)20-21(26(12-14-31-2)24(29)23(20)28)16-8-10-17(11-9-16)25(30)32-3/h5-11,15,21,27H,4,12-14H2,1-3H3/b22-20+. The molecule has 0 saturated carbocycles. The Kier molecular flexibility index (Phi) is 7.84. The van der Waals surface area contributed by atoms with Crippen LogP contribution in [0.1, 0.15) is 40.9 Å². The van der Waals surface area contributed by atoms with Gasteiger partial charge in [0.25, 0.3) is 11.7 Å². The van der Waals surface area contributed by atoms with Crippen molar-refractivity contribution in [3.63, 3.8) is 0 Å². The fourth-order valence-corrected chi connectivity index (χ4v) is 3.67. The summed E-state index contributed by atoms with van der Waals surface area (Å²) in [6.07, 6.45) is 0.822. The largest absolute Gasteiger partial charge is 0.507 e. The third-order valence-electron chi connectivity index (χ3n) is 5.30. The Morgan fingerprint density at radius 2 is 1.76 bits per heavy atom. The summed E-state index contributed by atoms with van der Waals surface area (Å²) in [4.78, 5) is 39.0. The summed E-state index contributed by atoms with van der Waals surface area (Å²) in [5.74, 6) is -1.76. The van der Waals surface area contributed by atoms with Crippen molar-refractivity contribution < 1.29 is 33.7 Å². The lowest BCUT2D eigenvalue weighted by Crippen LogP contribution is -2.32. The number of hydrogen-bond acceptors (Lipinski definition) is 7. The highest BCUT2D eigenvalue weighted by atomic mass is 16.5. The molecule has 8 heteroatoms. The number of Topliss-reactive ketones (excluding diaryl/α,β-unsaturated/α-hetero) is 1. The smallest absolute Gasteiger partial charge is 0.337 e. The molecule has 0 aromatic heterocycles. The van der Waals surface area contributed by atoms with Gasteiger partial charge in [-0.05, 0) is 36.2 Å². The summed E-state index contributed by atoms with van der Waals surface area (Å²) >= 11 is 0. The van der Waals surface area contributed by atoms with Crippen LogP contribution in [0.2, 0.25) is 0 Å². The predicted molar refractivity (Wildman–Crippen MR) is 121 cm³/mol. The number of aliphatic hydroxyl groups excluding tert-OH is 1. The van der Waals surface area contributed by atoms with E-state index in [1.165, 1.54) is 19.1 Å². The molecule has 1 N–H and O–H groups in total. The van der Waals surface area contributed by atoms with Crippen LogP contribution in [0.15, 0.2) is 54.1 Å². The Bertz CT molecular complexity index is 1060. The van der Waals surface area contributed by atoms with Crippen molar-refractivity contribution in [2.45, 2.75) is 19.4 Å². The molecule has 1 aliphatic heterocycles. The monoisotopic (exact) mass is 453 g/mol. The first-order chi connectivity index (χ1) is 15.9. The fraction of sp³-hybridized carbons (Fsp3) is 0.320. The minimum atomic E-state index is -0.841. The number of carbonyl (C=O) groups excluding carboxylic acids is 3. The SMILES string of the molecule is CCCOc1cccc(/C(O)=C2\C(=O)C(=O)N(CCOC)C2c2ccc(C(=O)OC)cc2)c1. The van der Waals surface area contributed by atoms with Gasteiger partial charge in [0.2, 0.25) is 0 Å². The lowest BCUT2D eigenvalue weighted by molar-refractivity contribution is -0.140. The molecule has 0 spiro atoms. The summed E-state index contributed by atoms with van der Waals surface area (Å²) in [7, 11) is 2.78. The van der Waals surface area contributed by atoms with Crippen LogP contribution in [0.5, 0.6) is 5.75 Å². The Labute approximate surface area is 192 Å². The molecule has 0 aliphatic carbocycles. The van der Waals surface area contributed by atoms with Gasteiger partial charge in [0.1, 0.15) is 11.5 Å². The summed E-state index contributed by atoms with van der Waals surface area (Å²) in [5, 5.41) is 11.1. The van der Waals surface area contributed by atoms with Gasteiger partial charge in [-0.1, -0.05) is 31.2 Å². The van der Waals surface area contributed by atoms with Crippen molar-refractivity contribution in [3.05, 3.63) is 70.8 Å². The van der Waals surface area contributed by atoms with Crippen molar-refractivity contribution in [2.75, 3.05) is 34.0 Å². The second-order valence-corrected chi connectivity index (χ2v) is 7.48. The Morgan fingerprint density at radius 3 is 2.39 bits per heavy atom. The van der Waals surface area contributed by atoms with Gasteiger partial charge >= 0.3 is 5.97 Å². The van der Waals surface area contributed by atoms with Gasteiger partial charge in [0.05, 0.1) is 37.5 Å². The van der Waals surface area contributed by atoms with Crippen LogP contribution in [-0.4, -0.2) is 61.6 Å². The lowest BCUT2D eigenvalue weighted by Gasteiger charge is -2.25. The summed E-state index contributed by atoms with van der Waals surface area (Å²) in [6.45, 7) is 2.86. The second kappa shape index (κ2) is 10.8. The molecular weight excluding hydrogens is 426 g/mol. The van der Waals surface area contributed by atoms with E-state index in [1.807, 2.05) is 6.92 Å². The van der Waals surface area contributed by atoms with Crippen molar-refractivity contribution in [1.29, 1.82) is 0 Å². The van der Waals surface area contributed by atoms with Gasteiger partial charge in [-0.15, -0.1) is 0 Å². The molecule has 1 fully saturated rings. The lowest BCUT2D eigenvalue weighted by atomic mass is 9.94. The average Bonchev–Trinajstić information content (AvgIpc) is 3.10. The number of carbonyl (C=O) groups is 3. The molecule has 33 heavy (non-hydrogen) atoms. The van der Waals surface area contributed by atoms with Crippen LogP contribution in [0, 0.1) is 0 Å². The van der Waals surface area contributed by atoms with Crippen LogP contribution in [-0.2, 0) is 19.1 Å². The van der Waals surface area contributed by atoms with Gasteiger partial charge in [-0.25, -0.2) is 4.79 Å². The molecule has 1 heterocycles. The highest BCUT2D eigenvalue weighted by Gasteiger charge is 2.45. The van der Waals surface area contributed by atoms with E-state index in [-0.39, 0.29) is 24.5 Å². The maximum Gasteiger partial charge on any atom is 0.337 e. The van der Waals surface area contributed by atoms with E-state index in [1.54, 1.807) is 48.5 Å². The van der Waals surface area contributed by atoms with Crippen LogP contribution in [0.25, 0.3) is 5.76 Å². The van der Waals surface area contributed by atoms with Gasteiger partial charge in [0.15, 0.2) is 0 Å². The Balaban J connectivity index is 2.09. The number of ether oxygens (including phenoxy) is 3. The zero-order chi connectivity index (χ0) is 24.0. The van der Waals surface area contributed by atoms with E-state index >= 15 is 0 Å². The second-order valence-electron chi connectivity index (χ2n) is 7.48. The molecule has 3 rings (SSSR count). The van der Waals surface area contributed by atoms with Gasteiger partial charge in [-0.2, -0.15) is 0 Å². The third-order valence-corrected chi connectivity index (χ3v) is 5.30. The number of hydrogen-bond donors (Lipinski definition) is 1. The topological polar surface area (TPSA) is 102 Å². The molecule has 1 amide bonds. The first kappa shape index (κ1) is 24.0. The predicted octanol–water partition coefficient (Wildman–Crippen LogP) is 3.33. The number of amides is 1. The highest BCUT2D eigenvalue weighted by molar-refractivity contribution is 6.46. The zero-order valence-corrected chi connectivity index (χ0v) is 18.9. The molecule has 0 radical (unpaired) electrons. The van der Waals surface area contributed by atoms with Gasteiger partial charge in [0, 0.05) is 19.2 Å². The maximum atomic E-state index is 13.0. The number of aliphatic hydroxyl groups is 1. The zero-order valence-electron chi connectivity index (χ0n) is 18.9. The van der Waals surface area contributed by atoms with Crippen molar-refractivity contribution >= 4 is 23.4 Å². The number of likely N-dealkylation sites (tertiary alicyclic amines) is 1. The van der Waals surface area contributed by atoms with Gasteiger partial charge < -0.3 is 24.2 Å². The molecule has 2 aromatic rings. The van der Waals surface area contributed by atoms with E-state index in [4.69, 9.17) is 14.2 Å². The molecule has 174 valence electrons. The molecule has 1 atom stereocenters. The molecule has 2 aromatic carbocycles. The number of esters is 1. The minimum absolute atomic E-state index is 0.0328. The molecular formula is C25H27NO7. The van der Waals surface area contributed by atoms with Crippen LogP contribution in [0.3, 0.4) is 0 Å². The number of benzene rings is 2. The molecule has 8 nitrogen and oxygen atoms in total. The van der Waals surface area contributed by atoms with Crippen LogP contribution >= 0.6 is 0 Å². The number of methoxy groups -OCH3 is 2. The quantitative estimate of drug-likeness (QED) is 0.269. The molecule has 0 bridgehead atoms. The van der Waals surface area contributed by atoms with E-state index in [9.17, 15) is 19.5 Å². The van der Waals surface area contributed by atoms with Crippen molar-refractivity contribution in [1.82, 2.24) is 4.90 Å². The van der Waals surface area contributed by atoms with E-state index in [2.05, 4.69) is 0 Å². The van der Waals surface area contributed by atoms with Crippen LogP contribution < -0.4 is 4.74 Å². The maximum absolute atomic E-state index is 13.0. The molecule has 1 unspecified atom stereocenters. The minimum Gasteiger partial charge on any atom is -0.507 e. The Hall–Kier alpha value is -3.65. The first-order valence-electron chi connectivity index (χ1n) is 10.6. The van der Waals surface area contributed by atoms with E-state index < -0.39 is 23.7 Å². The van der Waals surface area contributed by atoms with E-state index in [0.717, 1.165) is 6.42 Å².